The van der Waals surface area contributed by atoms with E-state index < -0.39 is 0 Å². The Kier molecular flexibility index (Phi) is 6.28. The largest absolute Gasteiger partial charge is 0.489 e. The molecule has 2 N–H and O–H groups in total. The summed E-state index contributed by atoms with van der Waals surface area (Å²) in [6, 6.07) is 7.66. The van der Waals surface area contributed by atoms with Crippen molar-refractivity contribution in [2.45, 2.75) is 39.7 Å². The highest BCUT2D eigenvalue weighted by molar-refractivity contribution is 5.78. The molecule has 1 aromatic carbocycles. The Morgan fingerprint density at radius 3 is 2.81 bits per heavy atom. The first-order chi connectivity index (χ1) is 12.6. The monoisotopic (exact) mass is 357 g/mol. The molecule has 1 unspecified atom stereocenters. The summed E-state index contributed by atoms with van der Waals surface area (Å²) >= 11 is 0. The van der Waals surface area contributed by atoms with Gasteiger partial charge in [-0.05, 0) is 63.4 Å². The molecule has 0 saturated carbocycles. The predicted molar refractivity (Wildman–Crippen MR) is 99.1 cm³/mol. The molecule has 0 radical (unpaired) electrons. The standard InChI is InChI=1S/C20H27N3O3/c1-14-19(15(2)26-23-14)13-25-18-5-3-16(4-6-18)11-20(24)22-10-8-17-7-9-21-12-17/h3-6,17,21H,7-13H2,1-2H3,(H,22,24). The Hall–Kier alpha value is -2.34. The van der Waals surface area contributed by atoms with E-state index in [-0.39, 0.29) is 5.91 Å². The van der Waals surface area contributed by atoms with Gasteiger partial charge in [-0.1, -0.05) is 17.3 Å². The van der Waals surface area contributed by atoms with Gasteiger partial charge < -0.3 is 19.9 Å². The van der Waals surface area contributed by atoms with Gasteiger partial charge in [0.15, 0.2) is 0 Å². The zero-order valence-electron chi connectivity index (χ0n) is 15.5. The van der Waals surface area contributed by atoms with Crippen molar-refractivity contribution in [3.05, 3.63) is 46.8 Å². The Balaban J connectivity index is 1.41. The molecule has 1 saturated heterocycles. The number of hydrogen-bond acceptors (Lipinski definition) is 5. The van der Waals surface area contributed by atoms with Crippen LogP contribution in [0.1, 0.15) is 35.4 Å². The van der Waals surface area contributed by atoms with Crippen molar-refractivity contribution in [2.24, 2.45) is 5.92 Å². The number of aromatic nitrogens is 1. The molecule has 6 heteroatoms. The van der Waals surface area contributed by atoms with Crippen molar-refractivity contribution in [2.75, 3.05) is 19.6 Å². The van der Waals surface area contributed by atoms with E-state index in [2.05, 4.69) is 15.8 Å². The molecule has 1 fully saturated rings. The van der Waals surface area contributed by atoms with Crippen LogP contribution in [0, 0.1) is 19.8 Å². The van der Waals surface area contributed by atoms with Crippen molar-refractivity contribution in [1.82, 2.24) is 15.8 Å². The molecule has 3 rings (SSSR count). The zero-order valence-corrected chi connectivity index (χ0v) is 15.5. The molecule has 26 heavy (non-hydrogen) atoms. The summed E-state index contributed by atoms with van der Waals surface area (Å²) in [5, 5.41) is 10.3. The molecule has 1 aliphatic rings. The van der Waals surface area contributed by atoms with Crippen LogP contribution in [-0.4, -0.2) is 30.7 Å². The lowest BCUT2D eigenvalue weighted by atomic mass is 10.1. The first-order valence-corrected chi connectivity index (χ1v) is 9.22. The first-order valence-electron chi connectivity index (χ1n) is 9.22. The van der Waals surface area contributed by atoms with E-state index in [0.717, 1.165) is 54.4 Å². The highest BCUT2D eigenvalue weighted by Gasteiger charge is 2.14. The molecular formula is C20H27N3O3. The lowest BCUT2D eigenvalue weighted by molar-refractivity contribution is -0.120. The maximum absolute atomic E-state index is 12.1. The third kappa shape index (κ3) is 5.08. The normalized spacial score (nSPS) is 16.6. The Labute approximate surface area is 154 Å². The fraction of sp³-hybridized carbons (Fsp3) is 0.500. The first kappa shape index (κ1) is 18.5. The minimum atomic E-state index is 0.0698. The molecule has 1 atom stereocenters. The van der Waals surface area contributed by atoms with Crippen molar-refractivity contribution in [3.8, 4) is 5.75 Å². The second-order valence-electron chi connectivity index (χ2n) is 6.91. The summed E-state index contributed by atoms with van der Waals surface area (Å²) < 4.78 is 10.9. The molecular weight excluding hydrogens is 330 g/mol. The van der Waals surface area contributed by atoms with Crippen LogP contribution in [0.2, 0.25) is 0 Å². The number of aryl methyl sites for hydroxylation is 2. The predicted octanol–water partition coefficient (Wildman–Crippen LogP) is 2.53. The number of rotatable bonds is 8. The van der Waals surface area contributed by atoms with Crippen LogP contribution >= 0.6 is 0 Å². The summed E-state index contributed by atoms with van der Waals surface area (Å²) in [6.07, 6.45) is 2.66. The molecule has 6 nitrogen and oxygen atoms in total. The SMILES string of the molecule is Cc1noc(C)c1COc1ccc(CC(=O)NCCC2CCNC2)cc1. The number of nitrogens with one attached hydrogen (secondary N) is 2. The molecule has 0 bridgehead atoms. The maximum atomic E-state index is 12.1. The van der Waals surface area contributed by atoms with Gasteiger partial charge in [-0.15, -0.1) is 0 Å². The lowest BCUT2D eigenvalue weighted by Crippen LogP contribution is -2.27. The van der Waals surface area contributed by atoms with E-state index in [1.165, 1.54) is 6.42 Å². The molecule has 0 aliphatic carbocycles. The fourth-order valence-corrected chi connectivity index (χ4v) is 3.19. The van der Waals surface area contributed by atoms with E-state index in [0.29, 0.717) is 18.9 Å². The second-order valence-corrected chi connectivity index (χ2v) is 6.91. The van der Waals surface area contributed by atoms with Crippen LogP contribution < -0.4 is 15.4 Å². The Bertz CT molecular complexity index is 699. The van der Waals surface area contributed by atoms with Gasteiger partial charge >= 0.3 is 0 Å². The summed E-state index contributed by atoms with van der Waals surface area (Å²) in [5.74, 6) is 2.32. The van der Waals surface area contributed by atoms with Crippen LogP contribution in [0.25, 0.3) is 0 Å². The highest BCUT2D eigenvalue weighted by Crippen LogP contribution is 2.18. The number of hydrogen-bond donors (Lipinski definition) is 2. The summed E-state index contributed by atoms with van der Waals surface area (Å²) in [5.41, 5.74) is 2.81. The summed E-state index contributed by atoms with van der Waals surface area (Å²) in [6.45, 7) is 7.14. The summed E-state index contributed by atoms with van der Waals surface area (Å²) in [7, 11) is 0. The quantitative estimate of drug-likeness (QED) is 0.759. The smallest absolute Gasteiger partial charge is 0.224 e. The molecule has 0 spiro atoms. The Morgan fingerprint density at radius 2 is 2.15 bits per heavy atom. The number of ether oxygens (including phenoxy) is 1. The van der Waals surface area contributed by atoms with Gasteiger partial charge in [0.25, 0.3) is 0 Å². The number of nitrogens with zero attached hydrogens (tertiary/aromatic N) is 1. The van der Waals surface area contributed by atoms with E-state index >= 15 is 0 Å². The van der Waals surface area contributed by atoms with Gasteiger partial charge in [0.1, 0.15) is 18.1 Å². The van der Waals surface area contributed by atoms with Crippen LogP contribution in [0.15, 0.2) is 28.8 Å². The Morgan fingerprint density at radius 1 is 1.35 bits per heavy atom. The minimum Gasteiger partial charge on any atom is -0.489 e. The average molecular weight is 357 g/mol. The van der Waals surface area contributed by atoms with Crippen LogP contribution in [0.4, 0.5) is 0 Å². The van der Waals surface area contributed by atoms with Crippen LogP contribution in [0.5, 0.6) is 5.75 Å². The number of carbonyl (C=O) groups is 1. The van der Waals surface area contributed by atoms with Crippen molar-refractivity contribution >= 4 is 5.91 Å². The van der Waals surface area contributed by atoms with Crippen LogP contribution in [0.3, 0.4) is 0 Å². The highest BCUT2D eigenvalue weighted by atomic mass is 16.5. The third-order valence-corrected chi connectivity index (χ3v) is 4.89. The molecule has 1 aromatic heterocycles. The van der Waals surface area contributed by atoms with Crippen molar-refractivity contribution in [1.29, 1.82) is 0 Å². The van der Waals surface area contributed by atoms with Gasteiger partial charge in [-0.25, -0.2) is 0 Å². The van der Waals surface area contributed by atoms with Crippen molar-refractivity contribution < 1.29 is 14.1 Å². The van der Waals surface area contributed by atoms with E-state index in [4.69, 9.17) is 9.26 Å². The average Bonchev–Trinajstić information content (AvgIpc) is 3.25. The topological polar surface area (TPSA) is 76.4 Å². The van der Waals surface area contributed by atoms with Gasteiger partial charge in [0, 0.05) is 6.54 Å². The fourth-order valence-electron chi connectivity index (χ4n) is 3.19. The van der Waals surface area contributed by atoms with Gasteiger partial charge in [0.2, 0.25) is 5.91 Å². The number of benzene rings is 1. The molecule has 2 heterocycles. The van der Waals surface area contributed by atoms with E-state index in [9.17, 15) is 4.79 Å². The molecule has 140 valence electrons. The molecule has 1 aliphatic heterocycles. The van der Waals surface area contributed by atoms with Crippen LogP contribution in [-0.2, 0) is 17.8 Å². The second kappa shape index (κ2) is 8.85. The van der Waals surface area contributed by atoms with E-state index in [1.54, 1.807) is 0 Å². The number of carbonyl (C=O) groups excluding carboxylic acids is 1. The minimum absolute atomic E-state index is 0.0698. The maximum Gasteiger partial charge on any atom is 0.224 e. The summed E-state index contributed by atoms with van der Waals surface area (Å²) in [4.78, 5) is 12.1. The third-order valence-electron chi connectivity index (χ3n) is 4.89. The number of amides is 1. The van der Waals surface area contributed by atoms with E-state index in [1.807, 2.05) is 38.1 Å². The van der Waals surface area contributed by atoms with Gasteiger partial charge in [0.05, 0.1) is 17.7 Å². The zero-order chi connectivity index (χ0) is 18.4. The lowest BCUT2D eigenvalue weighted by Gasteiger charge is -2.10. The van der Waals surface area contributed by atoms with Gasteiger partial charge in [-0.2, -0.15) is 0 Å². The van der Waals surface area contributed by atoms with Crippen molar-refractivity contribution in [3.63, 3.8) is 0 Å². The molecule has 1 amide bonds. The van der Waals surface area contributed by atoms with Gasteiger partial charge in [-0.3, -0.25) is 4.79 Å². The molecule has 2 aromatic rings.